The summed E-state index contributed by atoms with van der Waals surface area (Å²) >= 11 is 1.68. The van der Waals surface area contributed by atoms with Crippen molar-refractivity contribution in [3.8, 4) is 27.8 Å². The number of aromatic nitrogens is 1. The molecule has 0 saturated heterocycles. The number of methoxy groups -OCH3 is 1. The summed E-state index contributed by atoms with van der Waals surface area (Å²) in [5, 5.41) is 4.34. The highest BCUT2D eigenvalue weighted by Gasteiger charge is 2.21. The molecule has 1 N–H and O–H groups in total. The van der Waals surface area contributed by atoms with Gasteiger partial charge in [-0.05, 0) is 25.1 Å². The molecule has 0 fully saturated rings. The van der Waals surface area contributed by atoms with Crippen molar-refractivity contribution >= 4 is 11.3 Å². The van der Waals surface area contributed by atoms with E-state index in [1.165, 1.54) is 4.88 Å². The SMILES string of the molecule is CCCNCc1cnc(-c2cc(OC)c3c(c2)OCO3)s1. The van der Waals surface area contributed by atoms with Crippen LogP contribution in [0, 0.1) is 0 Å². The van der Waals surface area contributed by atoms with Crippen molar-refractivity contribution in [1.82, 2.24) is 10.3 Å². The zero-order chi connectivity index (χ0) is 14.7. The maximum atomic E-state index is 5.45. The summed E-state index contributed by atoms with van der Waals surface area (Å²) in [6.07, 6.45) is 3.05. The van der Waals surface area contributed by atoms with E-state index in [2.05, 4.69) is 17.2 Å². The molecule has 1 aromatic heterocycles. The Morgan fingerprint density at radius 1 is 1.38 bits per heavy atom. The molecule has 0 atom stereocenters. The zero-order valence-electron chi connectivity index (χ0n) is 12.1. The van der Waals surface area contributed by atoms with Crippen molar-refractivity contribution < 1.29 is 14.2 Å². The second kappa shape index (κ2) is 6.32. The van der Waals surface area contributed by atoms with Gasteiger partial charge in [-0.15, -0.1) is 11.3 Å². The fourth-order valence-corrected chi connectivity index (χ4v) is 3.03. The molecule has 0 amide bonds. The summed E-state index contributed by atoms with van der Waals surface area (Å²) in [5.74, 6) is 2.06. The normalized spacial score (nSPS) is 12.7. The van der Waals surface area contributed by atoms with Crippen LogP contribution in [-0.2, 0) is 6.54 Å². The van der Waals surface area contributed by atoms with Crippen molar-refractivity contribution in [2.45, 2.75) is 19.9 Å². The van der Waals surface area contributed by atoms with E-state index in [4.69, 9.17) is 14.2 Å². The Hall–Kier alpha value is -1.79. The summed E-state index contributed by atoms with van der Waals surface area (Å²) in [4.78, 5) is 5.71. The van der Waals surface area contributed by atoms with Crippen molar-refractivity contribution in [2.24, 2.45) is 0 Å². The topological polar surface area (TPSA) is 52.6 Å². The lowest BCUT2D eigenvalue weighted by Gasteiger charge is -2.06. The first-order valence-electron chi connectivity index (χ1n) is 6.95. The smallest absolute Gasteiger partial charge is 0.231 e. The van der Waals surface area contributed by atoms with E-state index < -0.39 is 0 Å². The summed E-state index contributed by atoms with van der Waals surface area (Å²) in [6.45, 7) is 4.27. The molecule has 2 aromatic rings. The summed E-state index contributed by atoms with van der Waals surface area (Å²) < 4.78 is 16.2. The Bertz CT molecular complexity index is 627. The van der Waals surface area contributed by atoms with Crippen molar-refractivity contribution in [3.05, 3.63) is 23.2 Å². The van der Waals surface area contributed by atoms with E-state index in [0.29, 0.717) is 17.2 Å². The number of rotatable bonds is 6. The number of thiazole rings is 1. The van der Waals surface area contributed by atoms with Crippen molar-refractivity contribution in [2.75, 3.05) is 20.4 Å². The fraction of sp³-hybridized carbons (Fsp3) is 0.400. The van der Waals surface area contributed by atoms with Gasteiger partial charge in [0.05, 0.1) is 7.11 Å². The lowest BCUT2D eigenvalue weighted by atomic mass is 10.2. The number of ether oxygens (including phenoxy) is 3. The van der Waals surface area contributed by atoms with Gasteiger partial charge in [-0.25, -0.2) is 4.98 Å². The minimum absolute atomic E-state index is 0.235. The number of fused-ring (bicyclic) bond motifs is 1. The second-order valence-electron chi connectivity index (χ2n) is 4.72. The molecule has 6 heteroatoms. The van der Waals surface area contributed by atoms with E-state index >= 15 is 0 Å². The molecule has 0 bridgehead atoms. The molecule has 1 aliphatic rings. The largest absolute Gasteiger partial charge is 0.493 e. The number of hydrogen-bond acceptors (Lipinski definition) is 6. The molecular weight excluding hydrogens is 288 g/mol. The van der Waals surface area contributed by atoms with E-state index in [1.54, 1.807) is 18.4 Å². The second-order valence-corrected chi connectivity index (χ2v) is 5.84. The first-order chi connectivity index (χ1) is 10.3. The monoisotopic (exact) mass is 306 g/mol. The molecule has 1 aromatic carbocycles. The molecule has 0 saturated carbocycles. The minimum Gasteiger partial charge on any atom is -0.493 e. The third-order valence-corrected chi connectivity index (χ3v) is 4.23. The van der Waals surface area contributed by atoms with E-state index in [0.717, 1.165) is 30.1 Å². The summed E-state index contributed by atoms with van der Waals surface area (Å²) in [6, 6.07) is 3.89. The first-order valence-corrected chi connectivity index (χ1v) is 7.77. The minimum atomic E-state index is 0.235. The van der Waals surface area contributed by atoms with Crippen LogP contribution in [0.15, 0.2) is 18.3 Å². The Labute approximate surface area is 127 Å². The van der Waals surface area contributed by atoms with Gasteiger partial charge in [0.25, 0.3) is 0 Å². The molecule has 0 unspecified atom stereocenters. The Morgan fingerprint density at radius 2 is 2.29 bits per heavy atom. The van der Waals surface area contributed by atoms with Gasteiger partial charge in [0.15, 0.2) is 11.5 Å². The molecule has 1 aliphatic heterocycles. The van der Waals surface area contributed by atoms with Gasteiger partial charge in [-0.3, -0.25) is 0 Å². The molecule has 0 radical (unpaired) electrons. The average molecular weight is 306 g/mol. The van der Waals surface area contributed by atoms with Gasteiger partial charge in [-0.1, -0.05) is 6.92 Å². The molecule has 5 nitrogen and oxygen atoms in total. The Balaban J connectivity index is 1.84. The van der Waals surface area contributed by atoms with Crippen LogP contribution in [0.1, 0.15) is 18.2 Å². The van der Waals surface area contributed by atoms with Crippen molar-refractivity contribution in [3.63, 3.8) is 0 Å². The maximum Gasteiger partial charge on any atom is 0.231 e. The Morgan fingerprint density at radius 3 is 3.10 bits per heavy atom. The molecule has 3 rings (SSSR count). The lowest BCUT2D eigenvalue weighted by Crippen LogP contribution is -2.12. The highest BCUT2D eigenvalue weighted by atomic mass is 32.1. The molecule has 2 heterocycles. The van der Waals surface area contributed by atoms with Gasteiger partial charge < -0.3 is 19.5 Å². The number of nitrogens with one attached hydrogen (secondary N) is 1. The van der Waals surface area contributed by atoms with Crippen LogP contribution in [0.3, 0.4) is 0 Å². The van der Waals surface area contributed by atoms with Crippen LogP contribution < -0.4 is 19.5 Å². The van der Waals surface area contributed by atoms with Crippen LogP contribution in [0.4, 0.5) is 0 Å². The van der Waals surface area contributed by atoms with Crippen molar-refractivity contribution in [1.29, 1.82) is 0 Å². The van der Waals surface area contributed by atoms with Crippen LogP contribution in [0.25, 0.3) is 10.6 Å². The molecule has 21 heavy (non-hydrogen) atoms. The number of hydrogen-bond donors (Lipinski definition) is 1. The van der Waals surface area contributed by atoms with Gasteiger partial charge in [0, 0.05) is 23.2 Å². The van der Waals surface area contributed by atoms with Gasteiger partial charge in [0.1, 0.15) is 5.01 Å². The third-order valence-electron chi connectivity index (χ3n) is 3.18. The van der Waals surface area contributed by atoms with E-state index in [-0.39, 0.29) is 6.79 Å². The standard InChI is InChI=1S/C15H18N2O3S/c1-3-4-16-7-11-8-17-15(21-11)10-5-12(18-2)14-13(6-10)19-9-20-14/h5-6,8,16H,3-4,7,9H2,1-2H3. The quantitative estimate of drug-likeness (QED) is 0.831. The first kappa shape index (κ1) is 14.2. The Kier molecular flexibility index (Phi) is 4.26. The van der Waals surface area contributed by atoms with Crippen LogP contribution in [-0.4, -0.2) is 25.4 Å². The highest BCUT2D eigenvalue weighted by Crippen LogP contribution is 2.44. The summed E-state index contributed by atoms with van der Waals surface area (Å²) in [5.41, 5.74) is 0.989. The van der Waals surface area contributed by atoms with Gasteiger partial charge in [-0.2, -0.15) is 0 Å². The maximum absolute atomic E-state index is 5.45. The molecule has 112 valence electrons. The van der Waals surface area contributed by atoms with Gasteiger partial charge >= 0.3 is 0 Å². The van der Waals surface area contributed by atoms with Crippen LogP contribution in [0.5, 0.6) is 17.2 Å². The number of nitrogens with zero attached hydrogens (tertiary/aromatic N) is 1. The fourth-order valence-electron chi connectivity index (χ4n) is 2.16. The van der Waals surface area contributed by atoms with E-state index in [9.17, 15) is 0 Å². The third kappa shape index (κ3) is 2.96. The van der Waals surface area contributed by atoms with Crippen LogP contribution in [0.2, 0.25) is 0 Å². The predicted molar refractivity (Wildman–Crippen MR) is 82.2 cm³/mol. The zero-order valence-corrected chi connectivity index (χ0v) is 13.0. The van der Waals surface area contributed by atoms with Gasteiger partial charge in [0.2, 0.25) is 12.5 Å². The lowest BCUT2D eigenvalue weighted by molar-refractivity contribution is 0.171. The van der Waals surface area contributed by atoms with E-state index in [1.807, 2.05) is 18.3 Å². The molecule has 0 spiro atoms. The average Bonchev–Trinajstić information content (AvgIpc) is 3.15. The highest BCUT2D eigenvalue weighted by molar-refractivity contribution is 7.15. The van der Waals surface area contributed by atoms with Crippen LogP contribution >= 0.6 is 11.3 Å². The predicted octanol–water partition coefficient (Wildman–Crippen LogP) is 3.05. The number of benzene rings is 1. The summed E-state index contributed by atoms with van der Waals surface area (Å²) in [7, 11) is 1.63. The molecular formula is C15H18N2O3S. The molecule has 0 aliphatic carbocycles.